The zero-order valence-electron chi connectivity index (χ0n) is 13.8. The van der Waals surface area contributed by atoms with Crippen LogP contribution in [0.1, 0.15) is 51.9 Å². The van der Waals surface area contributed by atoms with Gasteiger partial charge in [0.25, 0.3) is 0 Å². The summed E-state index contributed by atoms with van der Waals surface area (Å²) < 4.78 is 10.6. The van der Waals surface area contributed by atoms with Crippen LogP contribution < -0.4 is 5.32 Å². The van der Waals surface area contributed by atoms with Gasteiger partial charge in [0.05, 0.1) is 12.2 Å². The third-order valence-electron chi connectivity index (χ3n) is 2.78. The second-order valence-electron chi connectivity index (χ2n) is 5.91. The lowest BCUT2D eigenvalue weighted by Crippen LogP contribution is -2.42. The Balaban J connectivity index is 2.73. The fraction of sp³-hybridized carbons (Fsp3) is 0.500. The number of hydrogen-bond donors (Lipinski definition) is 3. The van der Waals surface area contributed by atoms with Crippen molar-refractivity contribution >= 4 is 24.8 Å². The Labute approximate surface area is 142 Å². The summed E-state index contributed by atoms with van der Waals surface area (Å²) in [5.74, 6) is 0.639. The summed E-state index contributed by atoms with van der Waals surface area (Å²) in [5, 5.41) is 14.6. The number of oxazole rings is 1. The van der Waals surface area contributed by atoms with Gasteiger partial charge in [-0.15, -0.1) is 0 Å². The van der Waals surface area contributed by atoms with Crippen molar-refractivity contribution in [3.63, 3.8) is 0 Å². The molecule has 1 amide bonds. The summed E-state index contributed by atoms with van der Waals surface area (Å²) in [6, 6.07) is -0.558. The van der Waals surface area contributed by atoms with Crippen LogP contribution in [-0.2, 0) is 4.74 Å². The Hall–Kier alpha value is -1.73. The van der Waals surface area contributed by atoms with Crippen LogP contribution in [0.25, 0.3) is 6.08 Å². The second kappa shape index (κ2) is 8.79. The molecular formula is C16H24N2O4S. The maximum atomic E-state index is 11.8. The van der Waals surface area contributed by atoms with E-state index in [9.17, 15) is 9.90 Å². The largest absolute Gasteiger partial charge is 0.444 e. The van der Waals surface area contributed by atoms with E-state index in [0.717, 1.165) is 0 Å². The number of rotatable bonds is 6. The number of carbonyl (C=O) groups excluding carboxylic acids is 1. The molecule has 0 aromatic carbocycles. The number of nitrogens with zero attached hydrogens (tertiary/aromatic N) is 1. The van der Waals surface area contributed by atoms with Crippen molar-refractivity contribution in [3.8, 4) is 0 Å². The Morgan fingerprint density at radius 2 is 2.22 bits per heavy atom. The number of aliphatic hydroxyl groups is 1. The molecule has 2 atom stereocenters. The number of nitrogens with one attached hydrogen (secondary N) is 1. The summed E-state index contributed by atoms with van der Waals surface area (Å²) in [6.07, 6.45) is 5.50. The lowest BCUT2D eigenvalue weighted by molar-refractivity contribution is 0.0384. The predicted molar refractivity (Wildman–Crippen MR) is 92.1 cm³/mol. The predicted octanol–water partition coefficient (Wildman–Crippen LogP) is 3.47. The topological polar surface area (TPSA) is 84.6 Å². The molecule has 6 nitrogen and oxygen atoms in total. The van der Waals surface area contributed by atoms with E-state index in [1.807, 2.05) is 6.92 Å². The summed E-state index contributed by atoms with van der Waals surface area (Å²) >= 11 is 3.94. The maximum Gasteiger partial charge on any atom is 0.407 e. The van der Waals surface area contributed by atoms with E-state index in [0.29, 0.717) is 12.2 Å². The average Bonchev–Trinajstić information content (AvgIpc) is 2.91. The molecule has 2 N–H and O–H groups in total. The first kappa shape index (κ1) is 19.3. The van der Waals surface area contributed by atoms with E-state index in [1.54, 1.807) is 44.4 Å². The number of thiol groups is 1. The van der Waals surface area contributed by atoms with Gasteiger partial charge in [0.15, 0.2) is 6.10 Å². The van der Waals surface area contributed by atoms with Crippen molar-refractivity contribution in [1.29, 1.82) is 0 Å². The zero-order chi connectivity index (χ0) is 17.5. The molecule has 0 radical (unpaired) electrons. The first-order valence-electron chi connectivity index (χ1n) is 7.37. The molecule has 128 valence electrons. The van der Waals surface area contributed by atoms with Crippen molar-refractivity contribution in [1.82, 2.24) is 10.3 Å². The SMILES string of the molecule is CC[C@H](NC(=O)OC(C)(C)C)C(O)c1ncc(/C=C/C=C\S)o1. The van der Waals surface area contributed by atoms with Crippen LogP contribution in [0.5, 0.6) is 0 Å². The smallest absolute Gasteiger partial charge is 0.407 e. The molecule has 0 aliphatic carbocycles. The molecule has 0 spiro atoms. The van der Waals surface area contributed by atoms with Gasteiger partial charge >= 0.3 is 6.09 Å². The fourth-order valence-corrected chi connectivity index (χ4v) is 1.85. The van der Waals surface area contributed by atoms with E-state index in [1.165, 1.54) is 6.20 Å². The lowest BCUT2D eigenvalue weighted by Gasteiger charge is -2.24. The van der Waals surface area contributed by atoms with Crippen molar-refractivity contribution in [3.05, 3.63) is 35.4 Å². The molecule has 1 aromatic rings. The standard InChI is InChI=1S/C16H24N2O4S/c1-5-12(18-15(20)22-16(2,3)4)13(19)14-17-10-11(21-14)8-6-7-9-23/h6-10,12-13,19,23H,5H2,1-4H3,(H,18,20)/b8-6+,9-7-/t12-,13?/m0/s1. The fourth-order valence-electron chi connectivity index (χ4n) is 1.75. The number of carbonyl (C=O) groups is 1. The molecule has 1 aromatic heterocycles. The minimum atomic E-state index is -1.06. The molecule has 0 saturated heterocycles. The first-order valence-corrected chi connectivity index (χ1v) is 7.89. The highest BCUT2D eigenvalue weighted by atomic mass is 32.1. The highest BCUT2D eigenvalue weighted by molar-refractivity contribution is 7.83. The van der Waals surface area contributed by atoms with Crippen LogP contribution in [-0.4, -0.2) is 27.8 Å². The molecule has 0 bridgehead atoms. The van der Waals surface area contributed by atoms with Crippen LogP contribution in [0.15, 0.2) is 28.2 Å². The van der Waals surface area contributed by atoms with Gasteiger partial charge in [-0.05, 0) is 38.7 Å². The third kappa shape index (κ3) is 6.92. The van der Waals surface area contributed by atoms with Crippen molar-refractivity contribution in [2.24, 2.45) is 0 Å². The van der Waals surface area contributed by atoms with Crippen molar-refractivity contribution < 1.29 is 19.1 Å². The van der Waals surface area contributed by atoms with Gasteiger partial charge in [0.2, 0.25) is 5.89 Å². The number of alkyl carbamates (subject to hydrolysis) is 1. The summed E-state index contributed by atoms with van der Waals surface area (Å²) in [7, 11) is 0. The van der Waals surface area contributed by atoms with Gasteiger partial charge in [-0.3, -0.25) is 0 Å². The van der Waals surface area contributed by atoms with Crippen LogP contribution in [0, 0.1) is 0 Å². The quantitative estimate of drug-likeness (QED) is 0.545. The van der Waals surface area contributed by atoms with E-state index in [4.69, 9.17) is 9.15 Å². The Morgan fingerprint density at radius 1 is 1.52 bits per heavy atom. The van der Waals surface area contributed by atoms with Crippen molar-refractivity contribution in [2.45, 2.75) is 51.9 Å². The normalized spacial score (nSPS) is 15.0. The molecule has 0 saturated carbocycles. The molecule has 7 heteroatoms. The maximum absolute atomic E-state index is 11.8. The van der Waals surface area contributed by atoms with E-state index >= 15 is 0 Å². The minimum absolute atomic E-state index is 0.141. The minimum Gasteiger partial charge on any atom is -0.444 e. The van der Waals surface area contributed by atoms with Crippen LogP contribution in [0.4, 0.5) is 4.79 Å². The molecule has 1 rings (SSSR count). The lowest BCUT2D eigenvalue weighted by atomic mass is 10.1. The number of amides is 1. The third-order valence-corrected chi connectivity index (χ3v) is 2.95. The molecule has 0 fully saturated rings. The van der Waals surface area contributed by atoms with Gasteiger partial charge < -0.3 is 19.6 Å². The molecule has 23 heavy (non-hydrogen) atoms. The summed E-state index contributed by atoms with van der Waals surface area (Å²) in [6.45, 7) is 7.16. The average molecular weight is 340 g/mol. The van der Waals surface area contributed by atoms with E-state index in [2.05, 4.69) is 22.9 Å². The Kier molecular flexibility index (Phi) is 7.38. The number of hydrogen-bond acceptors (Lipinski definition) is 6. The summed E-state index contributed by atoms with van der Waals surface area (Å²) in [5.41, 5.74) is -0.602. The molecular weight excluding hydrogens is 316 g/mol. The Morgan fingerprint density at radius 3 is 2.78 bits per heavy atom. The van der Waals surface area contributed by atoms with E-state index < -0.39 is 23.8 Å². The number of aliphatic hydroxyl groups excluding tert-OH is 1. The number of ether oxygens (including phenoxy) is 1. The van der Waals surface area contributed by atoms with Crippen LogP contribution in [0.2, 0.25) is 0 Å². The van der Waals surface area contributed by atoms with Gasteiger partial charge in [-0.1, -0.05) is 19.1 Å². The zero-order valence-corrected chi connectivity index (χ0v) is 14.7. The van der Waals surface area contributed by atoms with Crippen LogP contribution in [0.3, 0.4) is 0 Å². The number of aromatic nitrogens is 1. The molecule has 1 heterocycles. The van der Waals surface area contributed by atoms with Gasteiger partial charge in [-0.25, -0.2) is 9.78 Å². The monoisotopic (exact) mass is 340 g/mol. The Bertz CT molecular complexity index is 561. The number of allylic oxidation sites excluding steroid dienone is 2. The van der Waals surface area contributed by atoms with Crippen LogP contribution >= 0.6 is 12.6 Å². The van der Waals surface area contributed by atoms with E-state index in [-0.39, 0.29) is 5.89 Å². The summed E-state index contributed by atoms with van der Waals surface area (Å²) in [4.78, 5) is 15.9. The highest BCUT2D eigenvalue weighted by Gasteiger charge is 2.27. The first-order chi connectivity index (χ1) is 10.8. The van der Waals surface area contributed by atoms with Gasteiger partial charge in [0.1, 0.15) is 11.4 Å². The highest BCUT2D eigenvalue weighted by Crippen LogP contribution is 2.20. The molecule has 1 unspecified atom stereocenters. The molecule has 0 aliphatic heterocycles. The van der Waals surface area contributed by atoms with Crippen molar-refractivity contribution in [2.75, 3.05) is 0 Å². The second-order valence-corrected chi connectivity index (χ2v) is 6.21. The molecule has 0 aliphatic rings. The van der Waals surface area contributed by atoms with Gasteiger partial charge in [-0.2, -0.15) is 12.6 Å². The van der Waals surface area contributed by atoms with Gasteiger partial charge in [0, 0.05) is 0 Å².